The van der Waals surface area contributed by atoms with Gasteiger partial charge in [-0.1, -0.05) is 0 Å². The summed E-state index contributed by atoms with van der Waals surface area (Å²) in [5, 5.41) is 4.92. The Morgan fingerprint density at radius 2 is 1.74 bits per heavy atom. The molecule has 0 spiro atoms. The van der Waals surface area contributed by atoms with Crippen LogP contribution in [0.3, 0.4) is 0 Å². The van der Waals surface area contributed by atoms with E-state index in [0.29, 0.717) is 17.0 Å². The van der Waals surface area contributed by atoms with Crippen LogP contribution in [0.15, 0.2) is 46.9 Å². The standard InChI is InChI=1S/C18H18N4O4S/c1-11-3-8-15(26-11)9-10-16(24)20-18(27)22-21-17(25)13-4-6-14(7-5-13)19-12(2)23/h3-10H,1-2H3,(H,19,23)(H,21,25)(H2,20,22,24,27). The Labute approximate surface area is 161 Å². The molecule has 2 aromatic rings. The predicted molar refractivity (Wildman–Crippen MR) is 105 cm³/mol. The largest absolute Gasteiger partial charge is 0.462 e. The van der Waals surface area contributed by atoms with Gasteiger partial charge >= 0.3 is 0 Å². The maximum absolute atomic E-state index is 12.0. The number of hydrogen-bond acceptors (Lipinski definition) is 5. The van der Waals surface area contributed by atoms with Crippen molar-refractivity contribution in [2.45, 2.75) is 13.8 Å². The molecular formula is C18H18N4O4S. The average molecular weight is 386 g/mol. The highest BCUT2D eigenvalue weighted by Gasteiger charge is 2.07. The van der Waals surface area contributed by atoms with Crippen molar-refractivity contribution >= 4 is 46.8 Å². The SMILES string of the molecule is CC(=O)Nc1ccc(C(=O)NNC(=S)NC(=O)C=Cc2ccc(C)o2)cc1. The summed E-state index contributed by atoms with van der Waals surface area (Å²) >= 11 is 4.94. The fourth-order valence-electron chi connectivity index (χ4n) is 1.98. The molecule has 1 aromatic carbocycles. The lowest BCUT2D eigenvalue weighted by Crippen LogP contribution is -2.48. The molecule has 9 heteroatoms. The number of carbonyl (C=O) groups is 3. The van der Waals surface area contributed by atoms with E-state index in [1.807, 2.05) is 0 Å². The van der Waals surface area contributed by atoms with Crippen molar-refractivity contribution < 1.29 is 18.8 Å². The molecule has 1 aromatic heterocycles. The van der Waals surface area contributed by atoms with Gasteiger partial charge in [-0.2, -0.15) is 0 Å². The summed E-state index contributed by atoms with van der Waals surface area (Å²) in [6.45, 7) is 3.19. The van der Waals surface area contributed by atoms with Gasteiger partial charge < -0.3 is 9.73 Å². The molecule has 27 heavy (non-hydrogen) atoms. The number of amides is 3. The van der Waals surface area contributed by atoms with Crippen LogP contribution < -0.4 is 21.5 Å². The summed E-state index contributed by atoms with van der Waals surface area (Å²) in [7, 11) is 0. The Hall–Kier alpha value is -3.46. The number of nitrogens with one attached hydrogen (secondary N) is 4. The van der Waals surface area contributed by atoms with Crippen LogP contribution in [0.25, 0.3) is 6.08 Å². The lowest BCUT2D eigenvalue weighted by molar-refractivity contribution is -0.115. The molecule has 3 amide bonds. The number of hydrogen-bond donors (Lipinski definition) is 4. The average Bonchev–Trinajstić information content (AvgIpc) is 3.03. The van der Waals surface area contributed by atoms with Gasteiger partial charge in [-0.05, 0) is 61.6 Å². The molecule has 0 unspecified atom stereocenters. The van der Waals surface area contributed by atoms with Crippen molar-refractivity contribution in [1.82, 2.24) is 16.2 Å². The van der Waals surface area contributed by atoms with Crippen molar-refractivity contribution in [2.24, 2.45) is 0 Å². The van der Waals surface area contributed by atoms with Crippen LogP contribution in [0.5, 0.6) is 0 Å². The predicted octanol–water partition coefficient (Wildman–Crippen LogP) is 1.90. The van der Waals surface area contributed by atoms with Gasteiger partial charge in [-0.3, -0.25) is 30.6 Å². The van der Waals surface area contributed by atoms with Crippen molar-refractivity contribution in [2.75, 3.05) is 5.32 Å². The van der Waals surface area contributed by atoms with E-state index in [1.165, 1.54) is 31.2 Å². The van der Waals surface area contributed by atoms with Gasteiger partial charge in [0.05, 0.1) is 0 Å². The lowest BCUT2D eigenvalue weighted by Gasteiger charge is -2.10. The number of carbonyl (C=O) groups excluding carboxylic acids is 3. The van der Waals surface area contributed by atoms with E-state index in [0.717, 1.165) is 5.76 Å². The van der Waals surface area contributed by atoms with E-state index in [4.69, 9.17) is 16.6 Å². The Kier molecular flexibility index (Phi) is 6.84. The minimum atomic E-state index is -0.476. The van der Waals surface area contributed by atoms with Gasteiger partial charge in [-0.15, -0.1) is 0 Å². The molecule has 8 nitrogen and oxygen atoms in total. The van der Waals surface area contributed by atoms with Gasteiger partial charge in [0.1, 0.15) is 11.5 Å². The molecule has 1 heterocycles. The summed E-state index contributed by atoms with van der Waals surface area (Å²) in [5.74, 6) is 0.141. The van der Waals surface area contributed by atoms with E-state index in [1.54, 1.807) is 31.2 Å². The summed E-state index contributed by atoms with van der Waals surface area (Å²) in [6.07, 6.45) is 2.76. The van der Waals surface area contributed by atoms with Crippen LogP contribution >= 0.6 is 12.2 Å². The smallest absolute Gasteiger partial charge is 0.269 e. The van der Waals surface area contributed by atoms with Crippen LogP contribution in [0.1, 0.15) is 28.8 Å². The van der Waals surface area contributed by atoms with Gasteiger partial charge in [0.25, 0.3) is 5.91 Å². The Morgan fingerprint density at radius 3 is 2.33 bits per heavy atom. The molecule has 0 bridgehead atoms. The molecule has 4 N–H and O–H groups in total. The number of thiocarbonyl (C=S) groups is 1. The Bertz CT molecular complexity index is 887. The van der Waals surface area contributed by atoms with E-state index in [9.17, 15) is 14.4 Å². The Morgan fingerprint density at radius 1 is 1.04 bits per heavy atom. The van der Waals surface area contributed by atoms with Crippen molar-refractivity contribution in [3.8, 4) is 0 Å². The minimum absolute atomic E-state index is 0.0662. The van der Waals surface area contributed by atoms with E-state index < -0.39 is 11.8 Å². The van der Waals surface area contributed by atoms with E-state index in [2.05, 4.69) is 21.5 Å². The summed E-state index contributed by atoms with van der Waals surface area (Å²) < 4.78 is 5.30. The third kappa shape index (κ3) is 6.75. The molecule has 0 aliphatic rings. The van der Waals surface area contributed by atoms with Crippen molar-refractivity contribution in [1.29, 1.82) is 0 Å². The fraction of sp³-hybridized carbons (Fsp3) is 0.111. The monoisotopic (exact) mass is 386 g/mol. The minimum Gasteiger partial charge on any atom is -0.462 e. The van der Waals surface area contributed by atoms with E-state index >= 15 is 0 Å². The lowest BCUT2D eigenvalue weighted by atomic mass is 10.2. The zero-order valence-corrected chi connectivity index (χ0v) is 15.5. The topological polar surface area (TPSA) is 112 Å². The van der Waals surface area contributed by atoms with Gasteiger partial charge in [0, 0.05) is 24.3 Å². The third-order valence-electron chi connectivity index (χ3n) is 3.15. The second-order valence-corrected chi connectivity index (χ2v) is 5.85. The molecule has 0 saturated carbocycles. The zero-order chi connectivity index (χ0) is 19.8. The molecule has 0 atom stereocenters. The molecule has 2 rings (SSSR count). The number of anilines is 1. The van der Waals surface area contributed by atoms with Crippen LogP contribution in [-0.2, 0) is 9.59 Å². The maximum atomic E-state index is 12.0. The van der Waals surface area contributed by atoms with Crippen LogP contribution in [0.2, 0.25) is 0 Å². The number of benzene rings is 1. The first-order valence-electron chi connectivity index (χ1n) is 7.87. The highest BCUT2D eigenvalue weighted by Crippen LogP contribution is 2.09. The van der Waals surface area contributed by atoms with Crippen LogP contribution in [0.4, 0.5) is 5.69 Å². The second kappa shape index (κ2) is 9.30. The zero-order valence-electron chi connectivity index (χ0n) is 14.7. The first kappa shape index (κ1) is 19.9. The van der Waals surface area contributed by atoms with Crippen molar-refractivity contribution in [3.63, 3.8) is 0 Å². The quantitative estimate of drug-likeness (QED) is 0.363. The molecule has 0 aliphatic carbocycles. The molecule has 0 fully saturated rings. The van der Waals surface area contributed by atoms with Gasteiger partial charge in [0.2, 0.25) is 11.8 Å². The molecule has 140 valence electrons. The van der Waals surface area contributed by atoms with Crippen molar-refractivity contribution in [3.05, 3.63) is 59.6 Å². The first-order chi connectivity index (χ1) is 12.8. The maximum Gasteiger partial charge on any atom is 0.269 e. The number of hydrazine groups is 1. The Balaban J connectivity index is 1.78. The van der Waals surface area contributed by atoms with Gasteiger partial charge in [0.15, 0.2) is 5.11 Å². The molecule has 0 aliphatic heterocycles. The molecular weight excluding hydrogens is 368 g/mol. The summed E-state index contributed by atoms with van der Waals surface area (Å²) in [6, 6.07) is 9.78. The van der Waals surface area contributed by atoms with Crippen LogP contribution in [0, 0.1) is 6.92 Å². The summed E-state index contributed by atoms with van der Waals surface area (Å²) in [5.41, 5.74) is 5.72. The van der Waals surface area contributed by atoms with E-state index in [-0.39, 0.29) is 11.0 Å². The molecule has 0 radical (unpaired) electrons. The number of rotatable bonds is 4. The fourth-order valence-corrected chi connectivity index (χ4v) is 2.13. The molecule has 0 saturated heterocycles. The van der Waals surface area contributed by atoms with Crippen LogP contribution in [-0.4, -0.2) is 22.8 Å². The number of furan rings is 1. The second-order valence-electron chi connectivity index (χ2n) is 5.44. The highest BCUT2D eigenvalue weighted by atomic mass is 32.1. The summed E-state index contributed by atoms with van der Waals surface area (Å²) in [4.78, 5) is 34.7. The highest BCUT2D eigenvalue weighted by molar-refractivity contribution is 7.80. The normalized spacial score (nSPS) is 10.3. The van der Waals surface area contributed by atoms with Gasteiger partial charge in [-0.25, -0.2) is 0 Å². The number of aryl methyl sites for hydroxylation is 1. The third-order valence-corrected chi connectivity index (χ3v) is 3.36. The first-order valence-corrected chi connectivity index (χ1v) is 8.28.